The molecule has 2 radical (unpaired) electrons. The van der Waals surface area contributed by atoms with Crippen molar-refractivity contribution in [3.8, 4) is 5.75 Å². The highest BCUT2D eigenvalue weighted by atomic mass is 16.5. The Bertz CT molecular complexity index is 385. The van der Waals surface area contributed by atoms with Crippen molar-refractivity contribution in [2.24, 2.45) is 0 Å². The molecule has 76 valence electrons. The zero-order valence-electron chi connectivity index (χ0n) is 8.43. The molecule has 0 aliphatic rings. The lowest BCUT2D eigenvalue weighted by molar-refractivity contribution is -0.137. The van der Waals surface area contributed by atoms with Gasteiger partial charge in [-0.3, -0.25) is 0 Å². The minimum Gasteiger partial charge on any atom is -0.507 e. The molecule has 0 aliphatic carbocycles. The van der Waals surface area contributed by atoms with Crippen molar-refractivity contribution >= 4 is 25.4 Å². The molecule has 3 nitrogen and oxygen atoms in total. The molecule has 1 N–H and O–H groups in total. The summed E-state index contributed by atoms with van der Waals surface area (Å²) in [5, 5.41) is 9.42. The first-order valence-corrected chi connectivity index (χ1v) is 4.57. The zero-order valence-corrected chi connectivity index (χ0v) is 8.43. The maximum atomic E-state index is 11.0. The average Bonchev–Trinajstić information content (AvgIpc) is 2.20. The van der Waals surface area contributed by atoms with Crippen LogP contribution in [-0.4, -0.2) is 25.5 Å². The van der Waals surface area contributed by atoms with Gasteiger partial charge < -0.3 is 9.84 Å². The molecule has 0 atom stereocenters. The van der Waals surface area contributed by atoms with Crippen molar-refractivity contribution in [1.82, 2.24) is 0 Å². The third-order valence-corrected chi connectivity index (χ3v) is 1.74. The summed E-state index contributed by atoms with van der Waals surface area (Å²) in [5.74, 6) is -0.371. The summed E-state index contributed by atoms with van der Waals surface area (Å²) in [7, 11) is 5.53. The molecule has 0 amide bonds. The van der Waals surface area contributed by atoms with Gasteiger partial charge in [0, 0.05) is 11.6 Å². The Hall–Kier alpha value is -1.71. The van der Waals surface area contributed by atoms with E-state index in [9.17, 15) is 9.90 Å². The number of phenols is 1. The van der Waals surface area contributed by atoms with E-state index in [1.54, 1.807) is 19.1 Å². The molecule has 0 heterocycles. The molecule has 0 spiro atoms. The average molecular weight is 202 g/mol. The van der Waals surface area contributed by atoms with Crippen molar-refractivity contribution < 1.29 is 14.6 Å². The summed E-state index contributed by atoms with van der Waals surface area (Å²) >= 11 is 0. The highest BCUT2D eigenvalue weighted by molar-refractivity contribution is 6.32. The van der Waals surface area contributed by atoms with Crippen LogP contribution in [0.25, 0.3) is 6.08 Å². The first-order chi connectivity index (χ1) is 7.13. The predicted octanol–water partition coefficient (Wildman–Crippen LogP) is 0.762. The van der Waals surface area contributed by atoms with Crippen molar-refractivity contribution in [2.45, 2.75) is 6.92 Å². The SMILES string of the molecule is [B]c1ccc(O)c(/C=C/C(=O)OCC)c1. The molecule has 0 saturated heterocycles. The molecule has 0 fully saturated rings. The molecule has 0 unspecified atom stereocenters. The number of hydrogen-bond donors (Lipinski definition) is 1. The van der Waals surface area contributed by atoms with Crippen LogP contribution < -0.4 is 5.46 Å². The summed E-state index contributed by atoms with van der Waals surface area (Å²) in [4.78, 5) is 11.0. The molecule has 4 heteroatoms. The van der Waals surface area contributed by atoms with Gasteiger partial charge in [-0.25, -0.2) is 4.79 Å². The van der Waals surface area contributed by atoms with E-state index < -0.39 is 5.97 Å². The fraction of sp³-hybridized carbons (Fsp3) is 0.182. The van der Waals surface area contributed by atoms with Crippen LogP contribution in [0.2, 0.25) is 0 Å². The fourth-order valence-electron chi connectivity index (χ4n) is 1.05. The van der Waals surface area contributed by atoms with Crippen LogP contribution in [0.4, 0.5) is 0 Å². The molecule has 15 heavy (non-hydrogen) atoms. The van der Waals surface area contributed by atoms with Gasteiger partial charge in [-0.2, -0.15) is 0 Å². The van der Waals surface area contributed by atoms with Crippen LogP contribution in [0.3, 0.4) is 0 Å². The van der Waals surface area contributed by atoms with E-state index in [1.807, 2.05) is 0 Å². The second-order valence-electron chi connectivity index (χ2n) is 2.90. The van der Waals surface area contributed by atoms with Crippen molar-refractivity contribution in [1.29, 1.82) is 0 Å². The van der Waals surface area contributed by atoms with Crippen LogP contribution in [0, 0.1) is 0 Å². The van der Waals surface area contributed by atoms with Gasteiger partial charge in [-0.1, -0.05) is 17.6 Å². The van der Waals surface area contributed by atoms with Gasteiger partial charge in [0.15, 0.2) is 0 Å². The van der Waals surface area contributed by atoms with Gasteiger partial charge in [-0.05, 0) is 19.1 Å². The van der Waals surface area contributed by atoms with E-state index in [2.05, 4.69) is 0 Å². The third-order valence-electron chi connectivity index (χ3n) is 1.74. The highest BCUT2D eigenvalue weighted by Crippen LogP contribution is 2.15. The highest BCUT2D eigenvalue weighted by Gasteiger charge is 1.98. The minimum atomic E-state index is -0.445. The summed E-state index contributed by atoms with van der Waals surface area (Å²) in [6.07, 6.45) is 2.71. The second kappa shape index (κ2) is 5.24. The molecule has 1 rings (SSSR count). The number of rotatable bonds is 3. The van der Waals surface area contributed by atoms with E-state index in [-0.39, 0.29) is 5.75 Å². The molecule has 1 aromatic carbocycles. The van der Waals surface area contributed by atoms with Crippen LogP contribution >= 0.6 is 0 Å². The van der Waals surface area contributed by atoms with E-state index in [4.69, 9.17) is 12.6 Å². The Balaban J connectivity index is 2.79. The van der Waals surface area contributed by atoms with Gasteiger partial charge in [0.1, 0.15) is 13.6 Å². The van der Waals surface area contributed by atoms with E-state index in [0.717, 1.165) is 0 Å². The maximum absolute atomic E-state index is 11.0. The van der Waals surface area contributed by atoms with Crippen molar-refractivity contribution in [3.05, 3.63) is 29.8 Å². The Morgan fingerprint density at radius 1 is 1.60 bits per heavy atom. The third kappa shape index (κ3) is 3.50. The van der Waals surface area contributed by atoms with E-state index in [0.29, 0.717) is 17.6 Å². The summed E-state index contributed by atoms with van der Waals surface area (Å²) in [6.45, 7) is 2.05. The molecule has 0 aromatic heterocycles. The molecule has 0 aliphatic heterocycles. The number of phenolic OH excluding ortho intramolecular Hbond substituents is 1. The van der Waals surface area contributed by atoms with Crippen LogP contribution in [0.1, 0.15) is 12.5 Å². The summed E-state index contributed by atoms with van der Waals surface area (Å²) in [5.41, 5.74) is 1.01. The number of carbonyl (C=O) groups excluding carboxylic acids is 1. The van der Waals surface area contributed by atoms with Crippen molar-refractivity contribution in [3.63, 3.8) is 0 Å². The normalized spacial score (nSPS) is 10.5. The number of hydrogen-bond acceptors (Lipinski definition) is 3. The quantitative estimate of drug-likeness (QED) is 0.447. The Kier molecular flexibility index (Phi) is 3.97. The fourth-order valence-corrected chi connectivity index (χ4v) is 1.05. The van der Waals surface area contributed by atoms with Crippen LogP contribution in [0.15, 0.2) is 24.3 Å². The monoisotopic (exact) mass is 202 g/mol. The summed E-state index contributed by atoms with van der Waals surface area (Å²) < 4.78 is 4.70. The lowest BCUT2D eigenvalue weighted by Gasteiger charge is -2.00. The molecule has 0 bridgehead atoms. The number of aromatic hydroxyl groups is 1. The standard InChI is InChI=1S/C11H11BO3/c1-2-15-11(14)6-3-8-7-9(12)4-5-10(8)13/h3-7,13H,2H2,1H3/b6-3+. The lowest BCUT2D eigenvalue weighted by atomic mass is 9.94. The lowest BCUT2D eigenvalue weighted by Crippen LogP contribution is -2.02. The molecule has 1 aromatic rings. The minimum absolute atomic E-state index is 0.0738. The second-order valence-corrected chi connectivity index (χ2v) is 2.90. The first kappa shape index (κ1) is 11.4. The van der Waals surface area contributed by atoms with Gasteiger partial charge in [0.25, 0.3) is 0 Å². The smallest absolute Gasteiger partial charge is 0.330 e. The van der Waals surface area contributed by atoms with Crippen LogP contribution in [0.5, 0.6) is 5.75 Å². The zero-order chi connectivity index (χ0) is 11.3. The van der Waals surface area contributed by atoms with Gasteiger partial charge in [0.05, 0.1) is 6.61 Å². The Morgan fingerprint density at radius 2 is 2.33 bits per heavy atom. The number of carbonyl (C=O) groups is 1. The predicted molar refractivity (Wildman–Crippen MR) is 59.2 cm³/mol. The van der Waals surface area contributed by atoms with Crippen molar-refractivity contribution in [2.75, 3.05) is 6.61 Å². The van der Waals surface area contributed by atoms with Crippen LogP contribution in [-0.2, 0) is 9.53 Å². The Labute approximate surface area is 89.8 Å². The number of ether oxygens (including phenoxy) is 1. The van der Waals surface area contributed by atoms with E-state index in [1.165, 1.54) is 18.2 Å². The topological polar surface area (TPSA) is 46.5 Å². The molecular weight excluding hydrogens is 191 g/mol. The molecular formula is C11H11BO3. The van der Waals surface area contributed by atoms with Gasteiger partial charge in [-0.15, -0.1) is 0 Å². The summed E-state index contributed by atoms with van der Waals surface area (Å²) in [6, 6.07) is 4.63. The van der Waals surface area contributed by atoms with Gasteiger partial charge >= 0.3 is 5.97 Å². The number of esters is 1. The maximum Gasteiger partial charge on any atom is 0.330 e. The molecule has 0 saturated carbocycles. The Morgan fingerprint density at radius 3 is 3.00 bits per heavy atom. The van der Waals surface area contributed by atoms with Gasteiger partial charge in [0.2, 0.25) is 0 Å². The van der Waals surface area contributed by atoms with E-state index >= 15 is 0 Å². The first-order valence-electron chi connectivity index (χ1n) is 4.57. The number of benzene rings is 1. The largest absolute Gasteiger partial charge is 0.507 e.